The number of aliphatic hydroxyl groups is 1. The molecule has 0 bridgehead atoms. The molecule has 2 aromatic carbocycles. The van der Waals surface area contributed by atoms with Gasteiger partial charge in [0, 0.05) is 22.6 Å². The number of ketones is 2. The topological polar surface area (TPSA) is 155 Å². The molecule has 2 unspecified atom stereocenters. The van der Waals surface area contributed by atoms with Crippen molar-refractivity contribution in [2.45, 2.75) is 24.5 Å². The Morgan fingerprint density at radius 3 is 2.27 bits per heavy atom. The Morgan fingerprint density at radius 2 is 1.67 bits per heavy atom. The van der Waals surface area contributed by atoms with Crippen LogP contribution in [0.4, 0.5) is 13.2 Å². The fourth-order valence-corrected chi connectivity index (χ4v) is 4.57. The summed E-state index contributed by atoms with van der Waals surface area (Å²) >= 11 is 0. The minimum Gasteiger partial charge on any atom is -0.507 e. The number of aliphatic hydroxyl groups excluding tert-OH is 1. The highest BCUT2D eigenvalue weighted by molar-refractivity contribution is 7.88. The lowest BCUT2D eigenvalue weighted by molar-refractivity contribution is -0.112. The number of aromatic hydroxyl groups is 2. The van der Waals surface area contributed by atoms with E-state index in [0.29, 0.717) is 6.29 Å². The van der Waals surface area contributed by atoms with Crippen molar-refractivity contribution in [3.63, 3.8) is 0 Å². The Bertz CT molecular complexity index is 1350. The van der Waals surface area contributed by atoms with E-state index in [4.69, 9.17) is 0 Å². The number of aldehydes is 1. The summed E-state index contributed by atoms with van der Waals surface area (Å²) in [5.41, 5.74) is -9.21. The van der Waals surface area contributed by atoms with Gasteiger partial charge in [-0.1, -0.05) is 12.1 Å². The molecule has 33 heavy (non-hydrogen) atoms. The summed E-state index contributed by atoms with van der Waals surface area (Å²) in [6.45, 7) is 0. The lowest BCUT2D eigenvalue weighted by atomic mass is 9.75. The molecule has 0 heterocycles. The van der Waals surface area contributed by atoms with E-state index in [1.165, 1.54) is 0 Å². The monoisotopic (exact) mass is 486 g/mol. The second-order valence-electron chi connectivity index (χ2n) is 7.51. The number of benzene rings is 2. The van der Waals surface area contributed by atoms with Gasteiger partial charge in [-0.15, -0.1) is 0 Å². The quantitative estimate of drug-likeness (QED) is 0.218. The van der Waals surface area contributed by atoms with E-state index < -0.39 is 78.7 Å². The molecule has 0 saturated carbocycles. The number of hydrogen-bond donors (Lipinski definition) is 3. The minimum absolute atomic E-state index is 0.126. The third-order valence-electron chi connectivity index (χ3n) is 5.54. The molecule has 0 aromatic heterocycles. The van der Waals surface area contributed by atoms with E-state index in [9.17, 15) is 51.3 Å². The Morgan fingerprint density at radius 1 is 1.03 bits per heavy atom. The van der Waals surface area contributed by atoms with Crippen molar-refractivity contribution in [2.75, 3.05) is 0 Å². The fraction of sp³-hybridized carbons (Fsp3) is 0.250. The maximum Gasteiger partial charge on any atom is 0.534 e. The molecule has 0 spiro atoms. The van der Waals surface area contributed by atoms with Crippen molar-refractivity contribution in [3.8, 4) is 17.2 Å². The van der Waals surface area contributed by atoms with Gasteiger partial charge in [0.05, 0.1) is 22.8 Å². The van der Waals surface area contributed by atoms with Crippen molar-refractivity contribution >= 4 is 28.0 Å². The van der Waals surface area contributed by atoms with Gasteiger partial charge in [-0.05, 0) is 18.9 Å². The lowest BCUT2D eigenvalue weighted by Gasteiger charge is -2.30. The van der Waals surface area contributed by atoms with Crippen LogP contribution in [0, 0.1) is 5.92 Å². The number of phenolic OH excluding ortho intramolecular Hbond substituents is 2. The summed E-state index contributed by atoms with van der Waals surface area (Å²) in [4.78, 5) is 37.4. The summed E-state index contributed by atoms with van der Waals surface area (Å²) in [6, 6.07) is 2.69. The maximum atomic E-state index is 13.2. The number of phenols is 2. The summed E-state index contributed by atoms with van der Waals surface area (Å²) in [6.07, 6.45) is -1.28. The molecule has 174 valence electrons. The van der Waals surface area contributed by atoms with Gasteiger partial charge < -0.3 is 24.3 Å². The van der Waals surface area contributed by atoms with Gasteiger partial charge >= 0.3 is 15.6 Å². The van der Waals surface area contributed by atoms with Gasteiger partial charge in [0.25, 0.3) is 0 Å². The molecular formula is C20H13F3O9S. The lowest BCUT2D eigenvalue weighted by Crippen LogP contribution is -2.30. The normalized spacial score (nSPS) is 20.0. The summed E-state index contributed by atoms with van der Waals surface area (Å²) in [5, 5.41) is 31.8. The van der Waals surface area contributed by atoms with Crippen LogP contribution in [0.1, 0.15) is 55.5 Å². The van der Waals surface area contributed by atoms with Gasteiger partial charge in [0.2, 0.25) is 5.78 Å². The second kappa shape index (κ2) is 7.28. The Kier molecular flexibility index (Phi) is 5.02. The van der Waals surface area contributed by atoms with Crippen LogP contribution in [0.2, 0.25) is 0 Å². The highest BCUT2D eigenvalue weighted by Gasteiger charge is 2.50. The van der Waals surface area contributed by atoms with Crippen molar-refractivity contribution in [3.05, 3.63) is 51.6 Å². The van der Waals surface area contributed by atoms with Crippen LogP contribution in [-0.4, -0.2) is 47.1 Å². The van der Waals surface area contributed by atoms with Crippen LogP contribution in [0.5, 0.6) is 17.2 Å². The molecule has 0 fully saturated rings. The molecule has 0 saturated heterocycles. The average molecular weight is 486 g/mol. The molecule has 2 aliphatic carbocycles. The number of rotatable bonds is 3. The first-order chi connectivity index (χ1) is 15.3. The van der Waals surface area contributed by atoms with Gasteiger partial charge in [-0.25, -0.2) is 0 Å². The van der Waals surface area contributed by atoms with Crippen molar-refractivity contribution in [2.24, 2.45) is 5.92 Å². The van der Waals surface area contributed by atoms with Crippen LogP contribution in [-0.2, 0) is 21.3 Å². The number of carbonyl (C=O) groups excluding carboxylic acids is 3. The van der Waals surface area contributed by atoms with Crippen LogP contribution in [0.3, 0.4) is 0 Å². The van der Waals surface area contributed by atoms with E-state index in [1.807, 2.05) is 0 Å². The molecule has 3 N–H and O–H groups in total. The predicted molar refractivity (Wildman–Crippen MR) is 102 cm³/mol. The molecule has 4 rings (SSSR count). The van der Waals surface area contributed by atoms with E-state index in [2.05, 4.69) is 4.18 Å². The number of alkyl halides is 3. The number of halogens is 3. The molecular weight excluding hydrogens is 473 g/mol. The zero-order chi connectivity index (χ0) is 24.5. The molecule has 2 aliphatic rings. The molecule has 0 amide bonds. The van der Waals surface area contributed by atoms with E-state index in [-0.39, 0.29) is 24.0 Å². The first-order valence-electron chi connectivity index (χ1n) is 9.27. The zero-order valence-corrected chi connectivity index (χ0v) is 17.0. The molecule has 13 heteroatoms. The molecule has 2 atom stereocenters. The van der Waals surface area contributed by atoms with Gasteiger partial charge in [0.1, 0.15) is 17.8 Å². The number of fused-ring (bicyclic) bond motifs is 3. The van der Waals surface area contributed by atoms with Crippen molar-refractivity contribution in [1.82, 2.24) is 0 Å². The Balaban J connectivity index is 1.96. The third kappa shape index (κ3) is 3.26. The standard InChI is InChI=1S/C20H13F3O9S/c21-20(22,23)33(30,31)32-11-3-1-2-8-13(11)19(29)15-14(16(8)26)17(27)9-4-7(6-24)5-10(25)12(9)18(15)28/h1-3,6-7,10,25,27-28H,4-5H2. The predicted octanol–water partition coefficient (Wildman–Crippen LogP) is 1.90. The fourth-order valence-electron chi connectivity index (χ4n) is 4.10. The summed E-state index contributed by atoms with van der Waals surface area (Å²) in [5.74, 6) is -5.94. The van der Waals surface area contributed by atoms with Crippen LogP contribution >= 0.6 is 0 Å². The first kappa shape index (κ1) is 22.7. The third-order valence-corrected chi connectivity index (χ3v) is 6.51. The smallest absolute Gasteiger partial charge is 0.507 e. The van der Waals surface area contributed by atoms with Crippen LogP contribution in [0.15, 0.2) is 18.2 Å². The maximum absolute atomic E-state index is 13.2. The molecule has 9 nitrogen and oxygen atoms in total. The highest BCUT2D eigenvalue weighted by atomic mass is 32.2. The van der Waals surface area contributed by atoms with Gasteiger partial charge in [-0.3, -0.25) is 9.59 Å². The summed E-state index contributed by atoms with van der Waals surface area (Å²) < 4.78 is 65.3. The Hall–Kier alpha value is -3.45. The van der Waals surface area contributed by atoms with E-state index >= 15 is 0 Å². The SMILES string of the molecule is O=CC1Cc2c(O)c3c(c(O)c2C(O)C1)C(=O)c1c(OS(=O)(=O)C(F)(F)F)cccc1C3=O. The summed E-state index contributed by atoms with van der Waals surface area (Å²) in [7, 11) is -6.20. The minimum atomic E-state index is -6.20. The van der Waals surface area contributed by atoms with Gasteiger partial charge in [-0.2, -0.15) is 21.6 Å². The van der Waals surface area contributed by atoms with Crippen LogP contribution < -0.4 is 4.18 Å². The van der Waals surface area contributed by atoms with Crippen LogP contribution in [0.25, 0.3) is 0 Å². The Labute approximate surface area is 183 Å². The van der Waals surface area contributed by atoms with Crippen molar-refractivity contribution < 1.29 is 55.5 Å². The van der Waals surface area contributed by atoms with E-state index in [1.54, 1.807) is 0 Å². The highest BCUT2D eigenvalue weighted by Crippen LogP contribution is 2.50. The molecule has 2 aromatic rings. The number of carbonyl (C=O) groups is 3. The van der Waals surface area contributed by atoms with Crippen molar-refractivity contribution in [1.29, 1.82) is 0 Å². The van der Waals surface area contributed by atoms with Gasteiger partial charge in [0.15, 0.2) is 11.5 Å². The van der Waals surface area contributed by atoms with E-state index in [0.717, 1.165) is 18.2 Å². The number of hydrogen-bond acceptors (Lipinski definition) is 9. The molecule has 0 radical (unpaired) electrons. The average Bonchev–Trinajstić information content (AvgIpc) is 2.72. The molecule has 0 aliphatic heterocycles. The zero-order valence-electron chi connectivity index (χ0n) is 16.2. The largest absolute Gasteiger partial charge is 0.534 e. The second-order valence-corrected chi connectivity index (χ2v) is 9.05. The first-order valence-corrected chi connectivity index (χ1v) is 10.7.